The molecule has 6 fully saturated rings. The molecular weight excluding hydrogens is 1700 g/mol. The number of halogens is 18. The summed E-state index contributed by atoms with van der Waals surface area (Å²) in [5.74, 6) is -4.71. The quantitative estimate of drug-likeness (QED) is 0.0658. The average molecular weight is 1800 g/mol. The van der Waals surface area contributed by atoms with E-state index in [2.05, 4.69) is 15.5 Å². The number of nitrogens with zero attached hydrogens (tertiary/aromatic N) is 10. The van der Waals surface area contributed by atoms with Crippen molar-refractivity contribution in [3.8, 4) is 0 Å². The molecule has 6 aliphatic rings. The molecule has 6 heterocycles. The van der Waals surface area contributed by atoms with Crippen LogP contribution in [-0.2, 0) is 66.9 Å². The van der Waals surface area contributed by atoms with Crippen LogP contribution in [0.4, 0.5) is 52.7 Å². The number of likely N-dealkylation sites (N-methyl/N-ethyl adjacent to an activating group) is 3. The Morgan fingerprint density at radius 3 is 0.924 bits per heavy atom. The standard InChI is InChI=1S/C29H34Cl2F4N4O2.2C27H30Cl2F4N4O2/c1-18(40)37(3)21-8-10-38(11-9-21)17-28(41)39-15-22(20-5-7-24(30)25(31)13-20)27(16-39)36(2)14-19-4-6-23(26(32)12-19)29(33,34)35;2*1-16(38)34-19-7-8-36(12-19)15-26(39)37-13-20(18-4-6-22(28)23(29)10-18)25(14-37)35(2)11-17-3-5-21(24(30)9-17)27(31,32)33/h4-7,12-13,21-22,27H,8-11,14-17H2,1-3H3;2*3-6,9-10,19-20,25H,7-8,11-15H2,1-2H3,(H,34,38)/t;2*19-,20?,25?/m.10/s1. The highest BCUT2D eigenvalue weighted by Crippen LogP contribution is 2.42. The summed E-state index contributed by atoms with van der Waals surface area (Å²) >= 11 is 37.2. The highest BCUT2D eigenvalue weighted by molar-refractivity contribution is 6.43. The van der Waals surface area contributed by atoms with Crippen molar-refractivity contribution in [3.63, 3.8) is 0 Å². The molecule has 0 saturated carbocycles. The maximum atomic E-state index is 14.3. The molecule has 36 heteroatoms. The van der Waals surface area contributed by atoms with Gasteiger partial charge < -0.3 is 30.2 Å². The molecule has 6 aromatic carbocycles. The van der Waals surface area contributed by atoms with E-state index in [4.69, 9.17) is 69.6 Å². The number of likely N-dealkylation sites (tertiary alicyclic amines) is 6. The topological polar surface area (TPSA) is 159 Å². The summed E-state index contributed by atoms with van der Waals surface area (Å²) in [5.41, 5.74) is -0.0853. The second-order valence-electron chi connectivity index (χ2n) is 31.6. The predicted octanol–water partition coefficient (Wildman–Crippen LogP) is 15.1. The zero-order chi connectivity index (χ0) is 87.0. The molecule has 6 unspecified atom stereocenters. The minimum Gasteiger partial charge on any atom is -0.352 e. The Morgan fingerprint density at radius 2 is 0.664 bits per heavy atom. The molecule has 12 rings (SSSR count). The number of nitrogens with one attached hydrogen (secondary N) is 2. The van der Waals surface area contributed by atoms with Crippen molar-refractivity contribution in [1.29, 1.82) is 0 Å². The van der Waals surface area contributed by atoms with Crippen LogP contribution in [0.15, 0.2) is 109 Å². The lowest BCUT2D eigenvalue weighted by molar-refractivity contribution is -0.140. The van der Waals surface area contributed by atoms with Crippen LogP contribution in [-0.4, -0.2) is 247 Å². The summed E-state index contributed by atoms with van der Waals surface area (Å²) in [6.07, 6.45) is -11.2. The fourth-order valence-electron chi connectivity index (χ4n) is 16.8. The minimum absolute atomic E-state index is 0.0147. The van der Waals surface area contributed by atoms with E-state index in [1.165, 1.54) is 32.0 Å². The summed E-state index contributed by atoms with van der Waals surface area (Å²) in [5, 5.41) is 8.14. The molecule has 0 aliphatic carbocycles. The Morgan fingerprint density at radius 1 is 0.378 bits per heavy atom. The lowest BCUT2D eigenvalue weighted by Gasteiger charge is -2.36. The van der Waals surface area contributed by atoms with Gasteiger partial charge in [-0.2, -0.15) is 39.5 Å². The second-order valence-corrected chi connectivity index (χ2v) is 34.0. The molecule has 0 spiro atoms. The number of carbonyl (C=O) groups excluding carboxylic acids is 6. The van der Waals surface area contributed by atoms with Crippen molar-refractivity contribution in [2.75, 3.05) is 126 Å². The van der Waals surface area contributed by atoms with E-state index in [0.717, 1.165) is 78.8 Å². The molecule has 8 atom stereocenters. The lowest BCUT2D eigenvalue weighted by Crippen LogP contribution is -2.48. The maximum absolute atomic E-state index is 14.3. The number of amides is 6. The van der Waals surface area contributed by atoms with Gasteiger partial charge in [0, 0.05) is 180 Å². The van der Waals surface area contributed by atoms with Gasteiger partial charge in [0.15, 0.2) is 0 Å². The van der Waals surface area contributed by atoms with E-state index >= 15 is 0 Å². The summed E-state index contributed by atoms with van der Waals surface area (Å²) < 4.78 is 160. The van der Waals surface area contributed by atoms with E-state index < -0.39 is 52.7 Å². The average Bonchev–Trinajstić information content (AvgIpc) is 1.68. The van der Waals surface area contributed by atoms with Crippen LogP contribution < -0.4 is 10.6 Å². The number of carbonyl (C=O) groups is 6. The third-order valence-electron chi connectivity index (χ3n) is 23.1. The van der Waals surface area contributed by atoms with Crippen LogP contribution in [0.1, 0.15) is 114 Å². The fraction of sp³-hybridized carbons (Fsp3) is 0.494. The molecule has 0 radical (unpaired) electrons. The highest BCUT2D eigenvalue weighted by Gasteiger charge is 2.45. The SMILES string of the molecule is CC(=O)N(C)C1CCN(CC(=O)N2CC(c3ccc(Cl)c(Cl)c3)C(N(C)Cc3ccc(C(F)(F)F)c(F)c3)C2)CC1.CC(=O)N[C@@H]1CCN(CC(=O)N2CC(c3ccc(Cl)c(Cl)c3)C(N(C)Cc3ccc(C(F)(F)F)c(F)c3)C2)C1.CC(=O)N[C@H]1CCN(CC(=O)N2CC(c3ccc(Cl)c(Cl)c3)C(N(C)Cc3ccc(C(F)(F)F)c(F)c3)C2)C1. The van der Waals surface area contributed by atoms with Crippen molar-refractivity contribution < 1.29 is 81.5 Å². The Labute approximate surface area is 713 Å². The minimum atomic E-state index is -4.77. The number of hydrogen-bond acceptors (Lipinski definition) is 12. The first-order chi connectivity index (χ1) is 55.9. The third kappa shape index (κ3) is 25.1. The first kappa shape index (κ1) is 94.1. The van der Waals surface area contributed by atoms with Crippen LogP contribution in [0.2, 0.25) is 30.1 Å². The zero-order valence-corrected chi connectivity index (χ0v) is 70.9. The molecule has 6 aliphatic heterocycles. The number of hydrogen-bond donors (Lipinski definition) is 2. The van der Waals surface area contributed by atoms with E-state index in [-0.39, 0.29) is 129 Å². The van der Waals surface area contributed by atoms with Crippen molar-refractivity contribution in [2.45, 2.75) is 139 Å². The van der Waals surface area contributed by atoms with Crippen molar-refractivity contribution in [1.82, 2.24) is 59.6 Å². The van der Waals surface area contributed by atoms with E-state index in [0.29, 0.717) is 125 Å². The molecule has 6 saturated heterocycles. The van der Waals surface area contributed by atoms with Crippen molar-refractivity contribution in [2.24, 2.45) is 0 Å². The zero-order valence-electron chi connectivity index (χ0n) is 66.4. The van der Waals surface area contributed by atoms with Crippen LogP contribution in [0.25, 0.3) is 0 Å². The van der Waals surface area contributed by atoms with Crippen LogP contribution >= 0.6 is 69.6 Å². The van der Waals surface area contributed by atoms with Crippen molar-refractivity contribution in [3.05, 3.63) is 207 Å². The van der Waals surface area contributed by atoms with Gasteiger partial charge in [-0.1, -0.05) is 106 Å². The van der Waals surface area contributed by atoms with E-state index in [9.17, 15) is 81.5 Å². The largest absolute Gasteiger partial charge is 0.419 e. The molecule has 648 valence electrons. The normalized spacial score (nSPS) is 21.6. The third-order valence-corrected chi connectivity index (χ3v) is 25.3. The first-order valence-corrected chi connectivity index (χ1v) is 40.9. The molecule has 6 aromatic rings. The van der Waals surface area contributed by atoms with Crippen LogP contribution in [0.5, 0.6) is 0 Å². The highest BCUT2D eigenvalue weighted by atomic mass is 35.5. The number of benzene rings is 6. The smallest absolute Gasteiger partial charge is 0.352 e. The Kier molecular flexibility index (Phi) is 31.9. The predicted molar refractivity (Wildman–Crippen MR) is 433 cm³/mol. The monoisotopic (exact) mass is 1790 g/mol. The summed E-state index contributed by atoms with van der Waals surface area (Å²) in [6.45, 7) is 12.1. The van der Waals surface area contributed by atoms with Gasteiger partial charge in [-0.25, -0.2) is 13.2 Å². The lowest BCUT2D eigenvalue weighted by atomic mass is 9.93. The summed E-state index contributed by atoms with van der Waals surface area (Å²) in [4.78, 5) is 93.5. The van der Waals surface area contributed by atoms with Gasteiger partial charge >= 0.3 is 18.5 Å². The summed E-state index contributed by atoms with van der Waals surface area (Å²) in [6, 6.07) is 24.4. The Balaban J connectivity index is 0.000000188. The van der Waals surface area contributed by atoms with E-state index in [1.54, 1.807) is 84.1 Å². The molecule has 0 bridgehead atoms. The van der Waals surface area contributed by atoms with Gasteiger partial charge in [0.2, 0.25) is 35.4 Å². The molecule has 119 heavy (non-hydrogen) atoms. The van der Waals surface area contributed by atoms with Crippen LogP contribution in [0.3, 0.4) is 0 Å². The first-order valence-electron chi connectivity index (χ1n) is 38.7. The number of alkyl halides is 9. The number of piperidine rings is 1. The molecule has 0 aromatic heterocycles. The van der Waals surface area contributed by atoms with Gasteiger partial charge in [-0.05, 0) is 153 Å². The fourth-order valence-corrected chi connectivity index (χ4v) is 17.7. The van der Waals surface area contributed by atoms with E-state index in [1.807, 2.05) is 49.7 Å². The molecule has 2 N–H and O–H groups in total. The van der Waals surface area contributed by atoms with Crippen molar-refractivity contribution >= 4 is 105 Å². The van der Waals surface area contributed by atoms with Gasteiger partial charge in [-0.3, -0.25) is 58.2 Å². The molecule has 18 nitrogen and oxygen atoms in total. The van der Waals surface area contributed by atoms with Gasteiger partial charge in [0.05, 0.1) is 66.5 Å². The van der Waals surface area contributed by atoms with Gasteiger partial charge in [-0.15, -0.1) is 0 Å². The van der Waals surface area contributed by atoms with Gasteiger partial charge in [0.1, 0.15) is 17.5 Å². The second kappa shape index (κ2) is 40.4. The Hall–Kier alpha value is -7.20. The van der Waals surface area contributed by atoms with Crippen LogP contribution in [0, 0.1) is 17.5 Å². The maximum Gasteiger partial charge on any atom is 0.419 e. The Bertz CT molecular complexity index is 4440. The number of rotatable bonds is 21. The molecular formula is C83H94Cl6F12N12O6. The summed E-state index contributed by atoms with van der Waals surface area (Å²) in [7, 11) is 7.22. The van der Waals surface area contributed by atoms with Gasteiger partial charge in [0.25, 0.3) is 0 Å². The molecule has 6 amide bonds.